The second-order valence-corrected chi connectivity index (χ2v) is 5.31. The van der Waals surface area contributed by atoms with Gasteiger partial charge in [-0.1, -0.05) is 42.0 Å². The number of carbonyl (C=O) groups is 2. The summed E-state index contributed by atoms with van der Waals surface area (Å²) in [6, 6.07) is 13.9. The fourth-order valence-corrected chi connectivity index (χ4v) is 2.08. The fourth-order valence-electron chi connectivity index (χ4n) is 2.08. The highest BCUT2D eigenvalue weighted by molar-refractivity contribution is 5.99. The molecular formula is C19H18O4. The number of carboxylic acids is 1. The summed E-state index contributed by atoms with van der Waals surface area (Å²) in [5, 5.41) is 9.13. The van der Waals surface area contributed by atoms with Crippen molar-refractivity contribution in [2.24, 2.45) is 0 Å². The molecule has 0 amide bonds. The molecule has 0 heterocycles. The van der Waals surface area contributed by atoms with Crippen LogP contribution in [0.1, 0.15) is 35.3 Å². The summed E-state index contributed by atoms with van der Waals surface area (Å²) in [4.78, 5) is 23.5. The van der Waals surface area contributed by atoms with Crippen LogP contribution in [0.25, 0.3) is 5.57 Å². The van der Waals surface area contributed by atoms with Crippen molar-refractivity contribution >= 4 is 17.5 Å². The van der Waals surface area contributed by atoms with Gasteiger partial charge in [0, 0.05) is 5.57 Å². The van der Waals surface area contributed by atoms with Crippen LogP contribution in [0.4, 0.5) is 0 Å². The van der Waals surface area contributed by atoms with Gasteiger partial charge in [0.15, 0.2) is 0 Å². The van der Waals surface area contributed by atoms with Gasteiger partial charge in [-0.05, 0) is 44.0 Å². The van der Waals surface area contributed by atoms with Gasteiger partial charge in [0.05, 0.1) is 0 Å². The largest absolute Gasteiger partial charge is 0.478 e. The van der Waals surface area contributed by atoms with Crippen molar-refractivity contribution in [2.45, 2.75) is 20.8 Å². The molecule has 1 N–H and O–H groups in total. The van der Waals surface area contributed by atoms with E-state index in [0.29, 0.717) is 5.57 Å². The number of aromatic carboxylic acids is 1. The van der Waals surface area contributed by atoms with Crippen molar-refractivity contribution in [2.75, 3.05) is 0 Å². The third-order valence-corrected chi connectivity index (χ3v) is 3.67. The van der Waals surface area contributed by atoms with Crippen molar-refractivity contribution in [3.05, 3.63) is 70.8 Å². The van der Waals surface area contributed by atoms with Crippen LogP contribution in [0.2, 0.25) is 0 Å². The molecular weight excluding hydrogens is 292 g/mol. The Morgan fingerprint density at radius 1 is 0.957 bits per heavy atom. The van der Waals surface area contributed by atoms with Gasteiger partial charge in [-0.25, -0.2) is 9.59 Å². The smallest absolute Gasteiger partial charge is 0.339 e. The number of carboxylic acid groups (broad SMARTS) is 1. The molecule has 0 bridgehead atoms. The maximum Gasteiger partial charge on any atom is 0.339 e. The Bertz CT molecular complexity index is 770. The number of hydrogen-bond donors (Lipinski definition) is 1. The number of allylic oxidation sites excluding steroid dienone is 1. The highest BCUT2D eigenvalue weighted by Gasteiger charge is 2.16. The van der Waals surface area contributed by atoms with E-state index in [0.717, 1.165) is 16.7 Å². The van der Waals surface area contributed by atoms with Crippen LogP contribution in [0.15, 0.2) is 54.1 Å². The van der Waals surface area contributed by atoms with Crippen LogP contribution in [0, 0.1) is 6.92 Å². The van der Waals surface area contributed by atoms with Gasteiger partial charge in [0.25, 0.3) is 0 Å². The minimum absolute atomic E-state index is 0.0401. The number of hydrogen-bond acceptors (Lipinski definition) is 3. The highest BCUT2D eigenvalue weighted by Crippen LogP contribution is 2.23. The van der Waals surface area contributed by atoms with E-state index in [9.17, 15) is 9.59 Å². The van der Waals surface area contributed by atoms with Crippen LogP contribution < -0.4 is 4.74 Å². The van der Waals surface area contributed by atoms with E-state index in [1.54, 1.807) is 19.1 Å². The monoisotopic (exact) mass is 310 g/mol. The summed E-state index contributed by atoms with van der Waals surface area (Å²) in [5.74, 6) is -1.65. The van der Waals surface area contributed by atoms with E-state index >= 15 is 0 Å². The molecule has 118 valence electrons. The van der Waals surface area contributed by atoms with Crippen molar-refractivity contribution in [3.8, 4) is 5.75 Å². The fraction of sp³-hybridized carbons (Fsp3) is 0.158. The number of carbonyl (C=O) groups excluding carboxylic acids is 1. The molecule has 23 heavy (non-hydrogen) atoms. The molecule has 0 atom stereocenters. The molecule has 2 aromatic rings. The molecule has 0 unspecified atom stereocenters. The van der Waals surface area contributed by atoms with Crippen molar-refractivity contribution in [3.63, 3.8) is 0 Å². The lowest BCUT2D eigenvalue weighted by Crippen LogP contribution is -2.13. The first-order valence-corrected chi connectivity index (χ1v) is 7.19. The lowest BCUT2D eigenvalue weighted by atomic mass is 10.0. The van der Waals surface area contributed by atoms with Gasteiger partial charge in [0.1, 0.15) is 11.3 Å². The Balaban J connectivity index is 2.28. The van der Waals surface area contributed by atoms with E-state index in [4.69, 9.17) is 9.84 Å². The summed E-state index contributed by atoms with van der Waals surface area (Å²) >= 11 is 0. The lowest BCUT2D eigenvalue weighted by molar-refractivity contribution is -0.130. The van der Waals surface area contributed by atoms with Crippen LogP contribution >= 0.6 is 0 Å². The Morgan fingerprint density at radius 3 is 2.17 bits per heavy atom. The second-order valence-electron chi connectivity index (χ2n) is 5.31. The Morgan fingerprint density at radius 2 is 1.57 bits per heavy atom. The molecule has 0 fully saturated rings. The van der Waals surface area contributed by atoms with E-state index < -0.39 is 11.9 Å². The lowest BCUT2D eigenvalue weighted by Gasteiger charge is -2.10. The van der Waals surface area contributed by atoms with Gasteiger partial charge in [-0.3, -0.25) is 0 Å². The molecule has 4 nitrogen and oxygen atoms in total. The van der Waals surface area contributed by atoms with E-state index in [-0.39, 0.29) is 11.3 Å². The molecule has 0 saturated carbocycles. The SMILES string of the molecule is CC(C(=O)Oc1ccccc1C(=O)O)=C(C)c1ccc(C)cc1. The zero-order chi connectivity index (χ0) is 17.0. The molecule has 0 aliphatic heterocycles. The Hall–Kier alpha value is -2.88. The molecule has 0 aromatic heterocycles. The van der Waals surface area contributed by atoms with Gasteiger partial charge in [-0.2, -0.15) is 0 Å². The summed E-state index contributed by atoms with van der Waals surface area (Å²) in [5.41, 5.74) is 3.26. The number of rotatable bonds is 4. The molecule has 2 rings (SSSR count). The normalized spacial score (nSPS) is 11.6. The third-order valence-electron chi connectivity index (χ3n) is 3.67. The quantitative estimate of drug-likeness (QED) is 0.525. The number of benzene rings is 2. The summed E-state index contributed by atoms with van der Waals surface area (Å²) in [6.07, 6.45) is 0. The average Bonchev–Trinajstić information content (AvgIpc) is 2.54. The first-order valence-electron chi connectivity index (χ1n) is 7.19. The standard InChI is InChI=1S/C19H18O4/c1-12-8-10-15(11-9-12)13(2)14(3)19(22)23-17-7-5-4-6-16(17)18(20)21/h4-11H,1-3H3,(H,20,21). The van der Waals surface area contributed by atoms with Crippen LogP contribution in [-0.4, -0.2) is 17.0 Å². The summed E-state index contributed by atoms with van der Waals surface area (Å²) in [6.45, 7) is 5.50. The van der Waals surface area contributed by atoms with Gasteiger partial charge >= 0.3 is 11.9 Å². The van der Waals surface area contributed by atoms with Crippen molar-refractivity contribution in [1.82, 2.24) is 0 Å². The van der Waals surface area contributed by atoms with Crippen LogP contribution in [-0.2, 0) is 4.79 Å². The van der Waals surface area contributed by atoms with Gasteiger partial charge in [-0.15, -0.1) is 0 Å². The third kappa shape index (κ3) is 3.86. The molecule has 2 aromatic carbocycles. The van der Waals surface area contributed by atoms with E-state index in [1.165, 1.54) is 12.1 Å². The number of esters is 1. The van der Waals surface area contributed by atoms with Gasteiger partial charge in [0.2, 0.25) is 0 Å². The Kier molecular flexibility index (Phi) is 4.96. The maximum absolute atomic E-state index is 12.3. The maximum atomic E-state index is 12.3. The second kappa shape index (κ2) is 6.92. The van der Waals surface area contributed by atoms with E-state index in [1.807, 2.05) is 38.1 Å². The molecule has 0 aliphatic carbocycles. The predicted molar refractivity (Wildman–Crippen MR) is 88.5 cm³/mol. The minimum atomic E-state index is -1.13. The first-order chi connectivity index (χ1) is 10.9. The zero-order valence-electron chi connectivity index (χ0n) is 13.3. The highest BCUT2D eigenvalue weighted by atomic mass is 16.5. The molecule has 0 spiro atoms. The predicted octanol–water partition coefficient (Wildman–Crippen LogP) is 4.09. The Labute approximate surface area is 135 Å². The molecule has 0 saturated heterocycles. The zero-order valence-corrected chi connectivity index (χ0v) is 13.3. The molecule has 4 heteroatoms. The minimum Gasteiger partial charge on any atom is -0.478 e. The topological polar surface area (TPSA) is 63.6 Å². The summed E-state index contributed by atoms with van der Waals surface area (Å²) < 4.78 is 5.26. The summed E-state index contributed by atoms with van der Waals surface area (Å²) in [7, 11) is 0. The molecule has 0 aliphatic rings. The number of para-hydroxylation sites is 1. The van der Waals surface area contributed by atoms with Crippen LogP contribution in [0.5, 0.6) is 5.75 Å². The van der Waals surface area contributed by atoms with Gasteiger partial charge < -0.3 is 9.84 Å². The first kappa shape index (κ1) is 16.5. The van der Waals surface area contributed by atoms with Crippen molar-refractivity contribution < 1.29 is 19.4 Å². The molecule has 0 radical (unpaired) electrons. The average molecular weight is 310 g/mol. The van der Waals surface area contributed by atoms with Crippen LogP contribution in [0.3, 0.4) is 0 Å². The van der Waals surface area contributed by atoms with E-state index in [2.05, 4.69) is 0 Å². The van der Waals surface area contributed by atoms with Crippen molar-refractivity contribution in [1.29, 1.82) is 0 Å². The number of aryl methyl sites for hydroxylation is 1. The number of ether oxygens (including phenoxy) is 1.